The van der Waals surface area contributed by atoms with E-state index in [2.05, 4.69) is 0 Å². The van der Waals surface area contributed by atoms with Crippen molar-refractivity contribution >= 4 is 39.1 Å². The lowest BCUT2D eigenvalue weighted by molar-refractivity contribution is -0.137. The number of aliphatic carboxylic acids is 1. The molecular formula is C17H15ClN2O4S. The van der Waals surface area contributed by atoms with Crippen molar-refractivity contribution in [1.82, 2.24) is 9.13 Å². The van der Waals surface area contributed by atoms with Crippen LogP contribution < -0.4 is 11.2 Å². The predicted molar refractivity (Wildman–Crippen MR) is 98.0 cm³/mol. The highest BCUT2D eigenvalue weighted by molar-refractivity contribution is 7.18. The van der Waals surface area contributed by atoms with Gasteiger partial charge in [-0.2, -0.15) is 0 Å². The van der Waals surface area contributed by atoms with Crippen LogP contribution in [-0.4, -0.2) is 20.2 Å². The average molecular weight is 379 g/mol. The number of benzene rings is 1. The molecule has 0 amide bonds. The minimum Gasteiger partial charge on any atom is -0.480 e. The molecule has 2 aromatic heterocycles. The molecule has 1 N–H and O–H groups in total. The maximum Gasteiger partial charge on any atom is 0.332 e. The van der Waals surface area contributed by atoms with Gasteiger partial charge in [-0.15, -0.1) is 11.3 Å². The highest BCUT2D eigenvalue weighted by Gasteiger charge is 2.20. The van der Waals surface area contributed by atoms with E-state index in [1.165, 1.54) is 11.3 Å². The quantitative estimate of drug-likeness (QED) is 0.756. The Bertz CT molecular complexity index is 1090. The first-order chi connectivity index (χ1) is 11.8. The number of nitrogens with zero attached hydrogens (tertiary/aromatic N) is 2. The van der Waals surface area contributed by atoms with Crippen LogP contribution in [0.15, 0.2) is 33.9 Å². The molecule has 6 nitrogen and oxygen atoms in total. The number of carboxylic acid groups (broad SMARTS) is 1. The first-order valence-corrected chi connectivity index (χ1v) is 8.68. The minimum absolute atomic E-state index is 0.0543. The third kappa shape index (κ3) is 3.12. The topological polar surface area (TPSA) is 81.3 Å². The zero-order valence-electron chi connectivity index (χ0n) is 13.6. The van der Waals surface area contributed by atoms with Crippen LogP contribution in [0.1, 0.15) is 16.0 Å². The summed E-state index contributed by atoms with van der Waals surface area (Å²) >= 11 is 7.12. The van der Waals surface area contributed by atoms with E-state index >= 15 is 0 Å². The van der Waals surface area contributed by atoms with Crippen molar-refractivity contribution in [2.24, 2.45) is 0 Å². The molecule has 0 atom stereocenters. The molecular weight excluding hydrogens is 364 g/mol. The van der Waals surface area contributed by atoms with E-state index in [4.69, 9.17) is 16.7 Å². The van der Waals surface area contributed by atoms with Crippen LogP contribution in [0.25, 0.3) is 10.2 Å². The minimum atomic E-state index is -1.14. The fourth-order valence-corrected chi connectivity index (χ4v) is 3.96. The van der Waals surface area contributed by atoms with E-state index in [1.807, 2.05) is 6.92 Å². The Morgan fingerprint density at radius 2 is 1.80 bits per heavy atom. The Kier molecular flexibility index (Phi) is 4.53. The Morgan fingerprint density at radius 3 is 2.40 bits per heavy atom. The molecule has 0 aliphatic heterocycles. The van der Waals surface area contributed by atoms with Crippen LogP contribution in [0.2, 0.25) is 5.02 Å². The summed E-state index contributed by atoms with van der Waals surface area (Å²) in [7, 11) is 0. The van der Waals surface area contributed by atoms with E-state index in [0.29, 0.717) is 15.2 Å². The molecule has 3 rings (SSSR count). The van der Waals surface area contributed by atoms with Crippen molar-refractivity contribution in [3.63, 3.8) is 0 Å². The number of hydrogen-bond donors (Lipinski definition) is 1. The van der Waals surface area contributed by atoms with Crippen molar-refractivity contribution in [3.8, 4) is 0 Å². The van der Waals surface area contributed by atoms with Crippen molar-refractivity contribution in [2.75, 3.05) is 0 Å². The van der Waals surface area contributed by atoms with Crippen molar-refractivity contribution < 1.29 is 9.90 Å². The Balaban J connectivity index is 2.29. The van der Waals surface area contributed by atoms with Gasteiger partial charge in [0.1, 0.15) is 11.4 Å². The van der Waals surface area contributed by atoms with Crippen molar-refractivity contribution in [2.45, 2.75) is 26.9 Å². The lowest BCUT2D eigenvalue weighted by Crippen LogP contribution is -2.41. The lowest BCUT2D eigenvalue weighted by Gasteiger charge is -2.11. The van der Waals surface area contributed by atoms with Crippen LogP contribution in [0, 0.1) is 13.8 Å². The summed E-state index contributed by atoms with van der Waals surface area (Å²) in [6.45, 7) is 3.21. The van der Waals surface area contributed by atoms with E-state index in [1.54, 1.807) is 31.2 Å². The number of aromatic nitrogens is 2. The predicted octanol–water partition coefficient (Wildman–Crippen LogP) is 2.63. The van der Waals surface area contributed by atoms with Gasteiger partial charge in [0.15, 0.2) is 0 Å². The molecule has 0 spiro atoms. The van der Waals surface area contributed by atoms with Gasteiger partial charge in [0, 0.05) is 9.90 Å². The molecule has 0 aliphatic rings. The van der Waals surface area contributed by atoms with Gasteiger partial charge in [-0.25, -0.2) is 4.79 Å². The second kappa shape index (κ2) is 6.50. The summed E-state index contributed by atoms with van der Waals surface area (Å²) in [5.74, 6) is -1.14. The van der Waals surface area contributed by atoms with Gasteiger partial charge < -0.3 is 5.11 Å². The molecule has 3 aromatic rings. The summed E-state index contributed by atoms with van der Waals surface area (Å²) in [5, 5.41) is 10.1. The van der Waals surface area contributed by atoms with Crippen molar-refractivity contribution in [1.29, 1.82) is 0 Å². The number of aryl methyl sites for hydroxylation is 2. The van der Waals surface area contributed by atoms with Gasteiger partial charge in [-0.05, 0) is 37.1 Å². The van der Waals surface area contributed by atoms with Crippen LogP contribution in [0.4, 0.5) is 0 Å². The second-order valence-electron chi connectivity index (χ2n) is 5.74. The summed E-state index contributed by atoms with van der Waals surface area (Å²) in [6, 6.07) is 6.81. The molecule has 1 aromatic carbocycles. The lowest BCUT2D eigenvalue weighted by atomic mass is 10.2. The Morgan fingerprint density at radius 1 is 1.16 bits per heavy atom. The van der Waals surface area contributed by atoms with E-state index in [9.17, 15) is 14.4 Å². The summed E-state index contributed by atoms with van der Waals surface area (Å²) < 4.78 is 2.23. The molecule has 0 unspecified atom stereocenters. The molecule has 0 fully saturated rings. The van der Waals surface area contributed by atoms with Gasteiger partial charge in [-0.1, -0.05) is 23.7 Å². The summed E-state index contributed by atoms with van der Waals surface area (Å²) in [5.41, 5.74) is 0.470. The molecule has 0 radical (unpaired) electrons. The van der Waals surface area contributed by atoms with Crippen molar-refractivity contribution in [3.05, 3.63) is 66.1 Å². The Labute approximate surface area is 151 Å². The standard InChI is InChI=1S/C17H15ClN2O4S/c1-9-10(2)25-16-14(9)15(23)19(17(24)20(16)8-13(21)22)7-11-3-5-12(18)6-4-11/h3-6H,7-8H2,1-2H3,(H,21,22). The zero-order chi connectivity index (χ0) is 18.3. The first-order valence-electron chi connectivity index (χ1n) is 7.49. The summed E-state index contributed by atoms with van der Waals surface area (Å²) in [4.78, 5) is 38.1. The molecule has 25 heavy (non-hydrogen) atoms. The molecule has 2 heterocycles. The number of carboxylic acids is 1. The number of hydrogen-bond acceptors (Lipinski definition) is 4. The summed E-state index contributed by atoms with van der Waals surface area (Å²) in [6.07, 6.45) is 0. The Hall–Kier alpha value is -2.38. The van der Waals surface area contributed by atoms with Gasteiger partial charge in [0.05, 0.1) is 11.9 Å². The van der Waals surface area contributed by atoms with Crippen LogP contribution >= 0.6 is 22.9 Å². The molecule has 130 valence electrons. The third-order valence-corrected chi connectivity index (χ3v) is 5.56. The van der Waals surface area contributed by atoms with Crippen LogP contribution in [0.3, 0.4) is 0 Å². The number of rotatable bonds is 4. The first kappa shape index (κ1) is 17.4. The maximum atomic E-state index is 12.9. The van der Waals surface area contributed by atoms with Crippen LogP contribution in [-0.2, 0) is 17.9 Å². The SMILES string of the molecule is Cc1sc2c(c1C)c(=O)n(Cc1ccc(Cl)cc1)c(=O)n2CC(=O)O. The number of fused-ring (bicyclic) bond motifs is 1. The second-order valence-corrected chi connectivity index (χ2v) is 7.38. The fourth-order valence-electron chi connectivity index (χ4n) is 2.69. The highest BCUT2D eigenvalue weighted by atomic mass is 35.5. The third-order valence-electron chi connectivity index (χ3n) is 4.08. The number of carbonyl (C=O) groups is 1. The average Bonchev–Trinajstić information content (AvgIpc) is 2.85. The number of halogens is 1. The zero-order valence-corrected chi connectivity index (χ0v) is 15.1. The molecule has 8 heteroatoms. The maximum absolute atomic E-state index is 12.9. The van der Waals surface area contributed by atoms with Gasteiger partial charge in [-0.3, -0.25) is 18.7 Å². The van der Waals surface area contributed by atoms with Gasteiger partial charge >= 0.3 is 11.7 Å². The highest BCUT2D eigenvalue weighted by Crippen LogP contribution is 2.26. The molecule has 0 bridgehead atoms. The number of thiophene rings is 1. The normalized spacial score (nSPS) is 11.2. The fraction of sp³-hybridized carbons (Fsp3) is 0.235. The smallest absolute Gasteiger partial charge is 0.332 e. The van der Waals surface area contributed by atoms with Gasteiger partial charge in [0.25, 0.3) is 5.56 Å². The molecule has 0 saturated heterocycles. The monoisotopic (exact) mass is 378 g/mol. The van der Waals surface area contributed by atoms with E-state index in [0.717, 1.165) is 25.1 Å². The molecule has 0 saturated carbocycles. The van der Waals surface area contributed by atoms with E-state index in [-0.39, 0.29) is 6.54 Å². The van der Waals surface area contributed by atoms with Crippen LogP contribution in [0.5, 0.6) is 0 Å². The van der Waals surface area contributed by atoms with Gasteiger partial charge in [0.2, 0.25) is 0 Å². The largest absolute Gasteiger partial charge is 0.480 e. The van der Waals surface area contributed by atoms with E-state index < -0.39 is 23.8 Å². The molecule has 0 aliphatic carbocycles.